The second-order valence-electron chi connectivity index (χ2n) is 12.2. The average molecular weight is 445 g/mol. The van der Waals surface area contributed by atoms with Crippen molar-refractivity contribution in [3.05, 3.63) is 11.3 Å². The number of rotatable bonds is 8. The van der Waals surface area contributed by atoms with Crippen LogP contribution in [0.25, 0.3) is 0 Å². The molecule has 0 unspecified atom stereocenters. The van der Waals surface area contributed by atoms with Gasteiger partial charge in [-0.05, 0) is 73.7 Å². The molecule has 4 nitrogen and oxygen atoms in total. The topological polar surface area (TPSA) is 52.6 Å². The molecule has 2 saturated carbocycles. The standard InChI is InChI=1S/C28H44O4/c1-18(2)7-6-8-19(3)21-9-10-22-25-23(12-14-27(21,22)4)28(5)13-11-20(31-16-15-29)17-24(28)26(30)32-25/h15,18-22,24H,6-14,16-17H2,1-5H3/t19-,20+,21-,22+,24-,27-,28-/m1/s1. The highest BCUT2D eigenvalue weighted by molar-refractivity contribution is 5.77. The predicted molar refractivity (Wildman–Crippen MR) is 126 cm³/mol. The molecule has 0 aromatic carbocycles. The van der Waals surface area contributed by atoms with Crippen LogP contribution >= 0.6 is 0 Å². The van der Waals surface area contributed by atoms with E-state index in [0.29, 0.717) is 12.3 Å². The van der Waals surface area contributed by atoms with Crippen LogP contribution < -0.4 is 0 Å². The molecule has 7 atom stereocenters. The van der Waals surface area contributed by atoms with Crippen molar-refractivity contribution in [2.75, 3.05) is 6.61 Å². The first kappa shape index (κ1) is 24.0. The zero-order valence-electron chi connectivity index (χ0n) is 21.0. The van der Waals surface area contributed by atoms with Crippen molar-refractivity contribution in [3.63, 3.8) is 0 Å². The largest absolute Gasteiger partial charge is 0.431 e. The monoisotopic (exact) mass is 444 g/mol. The Bertz CT molecular complexity index is 755. The lowest BCUT2D eigenvalue weighted by atomic mass is 9.54. The van der Waals surface area contributed by atoms with Crippen molar-refractivity contribution in [1.82, 2.24) is 0 Å². The molecule has 0 saturated heterocycles. The minimum absolute atomic E-state index is 0.00983. The molecule has 2 fully saturated rings. The molecule has 0 aromatic rings. The van der Waals surface area contributed by atoms with Crippen LogP contribution in [0.1, 0.15) is 98.8 Å². The van der Waals surface area contributed by atoms with Gasteiger partial charge in [-0.3, -0.25) is 4.79 Å². The van der Waals surface area contributed by atoms with E-state index in [-0.39, 0.29) is 35.4 Å². The fourth-order valence-corrected chi connectivity index (χ4v) is 7.97. The quantitative estimate of drug-likeness (QED) is 0.318. The van der Waals surface area contributed by atoms with E-state index >= 15 is 0 Å². The Balaban J connectivity index is 1.53. The van der Waals surface area contributed by atoms with E-state index in [4.69, 9.17) is 9.47 Å². The van der Waals surface area contributed by atoms with Crippen LogP contribution in [0, 0.1) is 40.4 Å². The SMILES string of the molecule is CC(C)CCC[C@@H](C)[C@H]1CC[C@H]2C3=C(CC[C@]12C)[C@@]1(C)CC[C@H](OCC=O)C[C@@H]1C(=O)O3. The summed E-state index contributed by atoms with van der Waals surface area (Å²) in [7, 11) is 0. The molecule has 4 rings (SSSR count). The fraction of sp³-hybridized carbons (Fsp3) is 0.857. The summed E-state index contributed by atoms with van der Waals surface area (Å²) in [6, 6.07) is 0. The van der Waals surface area contributed by atoms with Crippen molar-refractivity contribution >= 4 is 12.3 Å². The minimum Gasteiger partial charge on any atom is -0.431 e. The normalized spacial score (nSPS) is 39.9. The molecule has 0 bridgehead atoms. The number of allylic oxidation sites excluding steroid dienone is 2. The number of hydrogen-bond acceptors (Lipinski definition) is 4. The van der Waals surface area contributed by atoms with Crippen LogP contribution in [0.15, 0.2) is 11.3 Å². The Kier molecular flexibility index (Phi) is 6.92. The average Bonchev–Trinajstić information content (AvgIpc) is 3.10. The molecule has 0 radical (unpaired) electrons. The lowest BCUT2D eigenvalue weighted by molar-refractivity contribution is -0.160. The van der Waals surface area contributed by atoms with Crippen molar-refractivity contribution in [2.45, 2.75) is 105 Å². The maximum Gasteiger partial charge on any atom is 0.315 e. The Morgan fingerprint density at radius 1 is 1.09 bits per heavy atom. The van der Waals surface area contributed by atoms with Gasteiger partial charge in [-0.15, -0.1) is 0 Å². The minimum atomic E-state index is -0.136. The second-order valence-corrected chi connectivity index (χ2v) is 12.2. The number of carbonyl (C=O) groups excluding carboxylic acids is 2. The van der Waals surface area contributed by atoms with Crippen LogP contribution in [-0.4, -0.2) is 25.0 Å². The summed E-state index contributed by atoms with van der Waals surface area (Å²) in [5.74, 6) is 3.52. The molecule has 0 N–H and O–H groups in total. The maximum atomic E-state index is 13.2. The van der Waals surface area contributed by atoms with Crippen molar-refractivity contribution in [1.29, 1.82) is 0 Å². The van der Waals surface area contributed by atoms with Gasteiger partial charge in [-0.25, -0.2) is 0 Å². The summed E-state index contributed by atoms with van der Waals surface area (Å²) >= 11 is 0. The van der Waals surface area contributed by atoms with Gasteiger partial charge in [0, 0.05) is 11.3 Å². The van der Waals surface area contributed by atoms with Crippen LogP contribution in [0.2, 0.25) is 0 Å². The van der Waals surface area contributed by atoms with Crippen molar-refractivity contribution < 1.29 is 19.1 Å². The van der Waals surface area contributed by atoms with Gasteiger partial charge in [0.15, 0.2) is 0 Å². The molecule has 0 amide bonds. The van der Waals surface area contributed by atoms with Gasteiger partial charge in [0.1, 0.15) is 18.7 Å². The van der Waals surface area contributed by atoms with Crippen LogP contribution in [0.3, 0.4) is 0 Å². The summed E-state index contributed by atoms with van der Waals surface area (Å²) in [6.07, 6.45) is 12.0. The molecule has 180 valence electrons. The van der Waals surface area contributed by atoms with Crippen LogP contribution in [0.5, 0.6) is 0 Å². The van der Waals surface area contributed by atoms with Gasteiger partial charge in [-0.1, -0.05) is 53.9 Å². The Morgan fingerprint density at radius 2 is 1.88 bits per heavy atom. The molecule has 0 spiro atoms. The van der Waals surface area contributed by atoms with E-state index in [2.05, 4.69) is 34.6 Å². The maximum absolute atomic E-state index is 13.2. The third-order valence-electron chi connectivity index (χ3n) is 9.90. The zero-order valence-corrected chi connectivity index (χ0v) is 21.0. The Hall–Kier alpha value is -1.16. The molecule has 32 heavy (non-hydrogen) atoms. The Labute approximate surface area is 194 Å². The third kappa shape index (κ3) is 4.10. The van der Waals surface area contributed by atoms with Gasteiger partial charge in [-0.2, -0.15) is 0 Å². The van der Waals surface area contributed by atoms with Crippen molar-refractivity contribution in [3.8, 4) is 0 Å². The van der Waals surface area contributed by atoms with Crippen LogP contribution in [-0.2, 0) is 19.1 Å². The van der Waals surface area contributed by atoms with E-state index < -0.39 is 0 Å². The molecule has 4 heteroatoms. The number of ether oxygens (including phenoxy) is 2. The van der Waals surface area contributed by atoms with E-state index in [9.17, 15) is 9.59 Å². The predicted octanol–water partition coefficient (Wildman–Crippen LogP) is 6.48. The van der Waals surface area contributed by atoms with E-state index in [1.54, 1.807) is 0 Å². The van der Waals surface area contributed by atoms with E-state index in [0.717, 1.165) is 55.5 Å². The van der Waals surface area contributed by atoms with Crippen LogP contribution in [0.4, 0.5) is 0 Å². The molecular weight excluding hydrogens is 400 g/mol. The first-order valence-electron chi connectivity index (χ1n) is 13.2. The van der Waals surface area contributed by atoms with Gasteiger partial charge < -0.3 is 14.3 Å². The summed E-state index contributed by atoms with van der Waals surface area (Å²) < 4.78 is 11.9. The first-order valence-corrected chi connectivity index (χ1v) is 13.2. The summed E-state index contributed by atoms with van der Waals surface area (Å²) in [6.45, 7) is 12.0. The van der Waals surface area contributed by atoms with Gasteiger partial charge in [0.05, 0.1) is 12.0 Å². The molecule has 0 aromatic heterocycles. The van der Waals surface area contributed by atoms with E-state index in [1.165, 1.54) is 37.7 Å². The summed E-state index contributed by atoms with van der Waals surface area (Å²) in [4.78, 5) is 24.0. The lowest BCUT2D eigenvalue weighted by Gasteiger charge is -2.53. The number of fused-ring (bicyclic) bond motifs is 4. The fourth-order valence-electron chi connectivity index (χ4n) is 7.97. The number of aldehydes is 1. The molecule has 1 heterocycles. The third-order valence-corrected chi connectivity index (χ3v) is 9.90. The molecule has 4 aliphatic rings. The van der Waals surface area contributed by atoms with Gasteiger partial charge in [0.25, 0.3) is 0 Å². The number of hydrogen-bond donors (Lipinski definition) is 0. The molecular formula is C28H44O4. The number of esters is 1. The highest BCUT2D eigenvalue weighted by atomic mass is 16.5. The number of carbonyl (C=O) groups is 2. The first-order chi connectivity index (χ1) is 15.2. The highest BCUT2D eigenvalue weighted by Gasteiger charge is 2.59. The smallest absolute Gasteiger partial charge is 0.315 e. The van der Waals surface area contributed by atoms with Gasteiger partial charge >= 0.3 is 5.97 Å². The van der Waals surface area contributed by atoms with E-state index in [1.807, 2.05) is 0 Å². The summed E-state index contributed by atoms with van der Waals surface area (Å²) in [5, 5.41) is 0. The second kappa shape index (κ2) is 9.24. The molecule has 3 aliphatic carbocycles. The lowest BCUT2D eigenvalue weighted by Crippen LogP contribution is -2.50. The van der Waals surface area contributed by atoms with Gasteiger partial charge in [0.2, 0.25) is 0 Å². The van der Waals surface area contributed by atoms with Crippen molar-refractivity contribution in [2.24, 2.45) is 40.4 Å². The Morgan fingerprint density at radius 3 is 2.59 bits per heavy atom. The highest BCUT2D eigenvalue weighted by Crippen LogP contribution is 2.65. The summed E-state index contributed by atoms with van der Waals surface area (Å²) in [5.41, 5.74) is 1.59. The molecule has 1 aliphatic heterocycles. The zero-order chi connectivity index (χ0) is 23.1.